The summed E-state index contributed by atoms with van der Waals surface area (Å²) < 4.78 is 22.1. The van der Waals surface area contributed by atoms with Crippen LogP contribution in [0.5, 0.6) is 0 Å². The lowest BCUT2D eigenvalue weighted by Crippen LogP contribution is -2.61. The molecule has 0 spiro atoms. The number of thiol groups is 1. The Kier molecular flexibility index (Phi) is 24.6. The summed E-state index contributed by atoms with van der Waals surface area (Å²) in [6, 6.07) is 2.10. The standard InChI is InChI=1S/C43H69N10O13PS/c1-26(2)18-32(40(58)49-33(19-29-21-46-25-48-29)41(59)51-34(23-54)42(60)52-37(38(45)56)27(3)66-67(62,63)64)50-43(61)35-20-30(65-17-11-9-14-28-12-6-4-7-13-28)22-53(35)36(55)15-8-5-10-16-47-39(57)31(44)24-68/h4,6-7,12-13,21,25-27,30-35,37,54,68H,5,8-11,14-20,22-24,44H2,1-3H3,(H2,45,56)(H,46,48)(H,47,57)(H,49,58)(H,50,61)(H,51,59)(H,52,60)(H2,62,63,64)/t27-,30+,31?,32+,33+,34+,35+,37+/m1/s1. The highest BCUT2D eigenvalue weighted by molar-refractivity contribution is 7.80. The number of phosphoric ester groups is 1. The first-order chi connectivity index (χ1) is 32.2. The molecule has 1 unspecified atom stereocenters. The molecule has 1 aromatic carbocycles. The van der Waals surface area contributed by atoms with Gasteiger partial charge in [0.05, 0.1) is 31.2 Å². The number of ether oxygens (including phenoxy) is 1. The van der Waals surface area contributed by atoms with Crippen LogP contribution < -0.4 is 38.1 Å². The van der Waals surface area contributed by atoms with Gasteiger partial charge >= 0.3 is 7.82 Å². The number of primary amides is 1. The maximum Gasteiger partial charge on any atom is 0.469 e. The number of hydrogen-bond donors (Lipinski definition) is 12. The molecule has 68 heavy (non-hydrogen) atoms. The number of aromatic amines is 1. The van der Waals surface area contributed by atoms with Crippen molar-refractivity contribution in [2.75, 3.05) is 32.1 Å². The van der Waals surface area contributed by atoms with Crippen molar-refractivity contribution in [1.82, 2.24) is 41.5 Å². The summed E-state index contributed by atoms with van der Waals surface area (Å²) in [6.45, 7) is 4.62. The van der Waals surface area contributed by atoms with Crippen LogP contribution in [0.25, 0.3) is 0 Å². The van der Waals surface area contributed by atoms with Gasteiger partial charge in [-0.3, -0.25) is 38.1 Å². The third-order valence-corrected chi connectivity index (χ3v) is 12.0. The Morgan fingerprint density at radius 2 is 1.59 bits per heavy atom. The number of carbonyl (C=O) groups is 7. The van der Waals surface area contributed by atoms with Gasteiger partial charge < -0.3 is 67.6 Å². The van der Waals surface area contributed by atoms with Crippen LogP contribution >= 0.6 is 20.5 Å². The predicted octanol–water partition coefficient (Wildman–Crippen LogP) is -1.14. The Balaban J connectivity index is 1.75. The van der Waals surface area contributed by atoms with Gasteiger partial charge in [-0.2, -0.15) is 12.6 Å². The number of carbonyl (C=O) groups excluding carboxylic acids is 7. The van der Waals surface area contributed by atoms with Crippen molar-refractivity contribution >= 4 is 61.8 Å². The number of H-pyrrole nitrogens is 1. The van der Waals surface area contributed by atoms with Crippen molar-refractivity contribution in [3.63, 3.8) is 0 Å². The van der Waals surface area contributed by atoms with Crippen LogP contribution in [0.3, 0.4) is 0 Å². The molecule has 7 amide bonds. The molecule has 23 nitrogen and oxygen atoms in total. The summed E-state index contributed by atoms with van der Waals surface area (Å²) in [6.07, 6.45) is 5.01. The van der Waals surface area contributed by atoms with E-state index in [-0.39, 0.29) is 55.7 Å². The number of amides is 7. The highest BCUT2D eigenvalue weighted by Gasteiger charge is 2.41. The molecule has 0 bridgehead atoms. The maximum absolute atomic E-state index is 14.2. The van der Waals surface area contributed by atoms with Crippen molar-refractivity contribution in [2.24, 2.45) is 17.4 Å². The Morgan fingerprint density at radius 3 is 2.21 bits per heavy atom. The second kappa shape index (κ2) is 29.2. The smallest absolute Gasteiger partial charge is 0.394 e. The van der Waals surface area contributed by atoms with Gasteiger partial charge in [0.25, 0.3) is 0 Å². The number of rotatable bonds is 31. The van der Waals surface area contributed by atoms with Crippen molar-refractivity contribution < 1.29 is 62.3 Å². The van der Waals surface area contributed by atoms with E-state index in [0.29, 0.717) is 38.1 Å². The van der Waals surface area contributed by atoms with Gasteiger partial charge in [-0.15, -0.1) is 0 Å². The van der Waals surface area contributed by atoms with Crippen molar-refractivity contribution in [1.29, 1.82) is 0 Å². The molecule has 1 aliphatic heterocycles. The van der Waals surface area contributed by atoms with Gasteiger partial charge in [0.1, 0.15) is 30.2 Å². The molecule has 1 aromatic heterocycles. The van der Waals surface area contributed by atoms with Gasteiger partial charge in [-0.1, -0.05) is 50.6 Å². The fourth-order valence-corrected chi connectivity index (χ4v) is 8.12. The summed E-state index contributed by atoms with van der Waals surface area (Å²) >= 11 is 4.04. The number of likely N-dealkylation sites (tertiary alicyclic amines) is 1. The Labute approximate surface area is 401 Å². The van der Waals surface area contributed by atoms with Gasteiger partial charge in [-0.05, 0) is 56.9 Å². The van der Waals surface area contributed by atoms with Gasteiger partial charge in [0.2, 0.25) is 41.4 Å². The van der Waals surface area contributed by atoms with Crippen LogP contribution in [0.4, 0.5) is 0 Å². The Morgan fingerprint density at radius 1 is 0.912 bits per heavy atom. The quantitative estimate of drug-likeness (QED) is 0.0241. The van der Waals surface area contributed by atoms with E-state index in [1.807, 2.05) is 32.0 Å². The van der Waals surface area contributed by atoms with Gasteiger partial charge in [0.15, 0.2) is 0 Å². The molecule has 13 N–H and O–H groups in total. The number of hydrogen-bond acceptors (Lipinski definition) is 14. The molecular weight excluding hydrogens is 928 g/mol. The minimum atomic E-state index is -5.13. The molecule has 3 rings (SSSR count). The number of nitrogens with zero attached hydrogens (tertiary/aromatic N) is 2. The van der Waals surface area contributed by atoms with E-state index < -0.39 is 92.4 Å². The maximum atomic E-state index is 14.2. The highest BCUT2D eigenvalue weighted by Crippen LogP contribution is 2.38. The van der Waals surface area contributed by atoms with E-state index >= 15 is 0 Å². The summed E-state index contributed by atoms with van der Waals surface area (Å²) in [5.74, 6) is -5.32. The number of aromatic nitrogens is 2. The average Bonchev–Trinajstić information content (AvgIpc) is 3.97. The first-order valence-electron chi connectivity index (χ1n) is 22.6. The first kappa shape index (κ1) is 57.4. The predicted molar refractivity (Wildman–Crippen MR) is 251 cm³/mol. The number of nitrogens with one attached hydrogen (secondary N) is 6. The monoisotopic (exact) mass is 996 g/mol. The molecule has 25 heteroatoms. The zero-order valence-electron chi connectivity index (χ0n) is 38.7. The number of aliphatic hydroxyl groups excluding tert-OH is 1. The molecule has 2 heterocycles. The summed E-state index contributed by atoms with van der Waals surface area (Å²) in [5.41, 5.74) is 12.6. The normalized spacial score (nSPS) is 17.6. The van der Waals surface area contributed by atoms with Crippen LogP contribution in [0.1, 0.15) is 83.4 Å². The number of imidazole rings is 1. The lowest BCUT2D eigenvalue weighted by Gasteiger charge is -2.28. The molecule has 2 aromatic rings. The van der Waals surface area contributed by atoms with E-state index in [4.69, 9.17) is 16.2 Å². The topological polar surface area (TPSA) is 360 Å². The number of benzene rings is 1. The number of phosphoric acid groups is 1. The Hall–Kier alpha value is -4.94. The van der Waals surface area contributed by atoms with Gasteiger partial charge in [0, 0.05) is 56.6 Å². The molecule has 1 fully saturated rings. The first-order valence-corrected chi connectivity index (χ1v) is 24.8. The van der Waals surface area contributed by atoms with E-state index in [2.05, 4.69) is 65.8 Å². The van der Waals surface area contributed by atoms with Crippen LogP contribution in [-0.2, 0) is 60.2 Å². The second-order valence-electron chi connectivity index (χ2n) is 17.1. The highest BCUT2D eigenvalue weighted by atomic mass is 32.1. The van der Waals surface area contributed by atoms with Gasteiger partial charge in [-0.25, -0.2) is 9.55 Å². The minimum absolute atomic E-state index is 0.110. The molecular formula is C43H69N10O13PS. The van der Waals surface area contributed by atoms with Crippen LogP contribution in [0, 0.1) is 5.92 Å². The van der Waals surface area contributed by atoms with Crippen molar-refractivity contribution in [3.05, 3.63) is 54.1 Å². The third kappa shape index (κ3) is 20.3. The zero-order chi connectivity index (χ0) is 50.4. The molecule has 380 valence electrons. The second-order valence-corrected chi connectivity index (χ2v) is 18.6. The third-order valence-electron chi connectivity index (χ3n) is 11.0. The lowest BCUT2D eigenvalue weighted by atomic mass is 10.0. The van der Waals surface area contributed by atoms with E-state index in [9.17, 15) is 53.0 Å². The summed E-state index contributed by atoms with van der Waals surface area (Å²) in [4.78, 5) is 120. The number of aryl methyl sites for hydroxylation is 1. The molecule has 1 saturated heterocycles. The van der Waals surface area contributed by atoms with E-state index in [1.165, 1.54) is 23.0 Å². The number of nitrogens with two attached hydrogens (primary N) is 2. The fraction of sp³-hybridized carbons (Fsp3) is 0.628. The SMILES string of the molecule is CC(C)C[C@H](NC(=O)[C@@H]1C[C@H](OCCCCc2ccccc2)CN1C(=O)CCCCCNC(=O)C(N)CS)C(=O)N[C@@H](Cc1cnc[nH]1)C(=O)N[C@@H](CO)C(=O)N[C@H](C(N)=O)[C@@H](C)OP(=O)(O)O. The Bertz CT molecular complexity index is 1980. The molecule has 8 atom stereocenters. The minimum Gasteiger partial charge on any atom is -0.394 e. The molecule has 0 radical (unpaired) electrons. The number of aliphatic hydroxyl groups is 1. The van der Waals surface area contributed by atoms with Crippen LogP contribution in [-0.4, -0.2) is 152 Å². The van der Waals surface area contributed by atoms with Crippen molar-refractivity contribution in [2.45, 2.75) is 133 Å². The van der Waals surface area contributed by atoms with Crippen LogP contribution in [0.15, 0.2) is 42.9 Å². The summed E-state index contributed by atoms with van der Waals surface area (Å²) in [7, 11) is -5.13. The molecule has 1 aliphatic rings. The average molecular weight is 997 g/mol. The molecule has 0 saturated carbocycles. The van der Waals surface area contributed by atoms with E-state index in [0.717, 1.165) is 26.2 Å². The zero-order valence-corrected chi connectivity index (χ0v) is 40.5. The van der Waals surface area contributed by atoms with E-state index in [1.54, 1.807) is 0 Å². The van der Waals surface area contributed by atoms with Crippen molar-refractivity contribution in [3.8, 4) is 0 Å². The number of unbranched alkanes of at least 4 members (excludes halogenated alkanes) is 3. The van der Waals surface area contributed by atoms with Crippen LogP contribution in [0.2, 0.25) is 0 Å². The summed E-state index contributed by atoms with van der Waals surface area (Å²) in [5, 5.41) is 22.7. The largest absolute Gasteiger partial charge is 0.469 e. The molecule has 0 aliphatic carbocycles. The lowest BCUT2D eigenvalue weighted by molar-refractivity contribution is -0.140. The fourth-order valence-electron chi connectivity index (χ4n) is 7.40.